The Morgan fingerprint density at radius 3 is 1.72 bits per heavy atom. The van der Waals surface area contributed by atoms with Crippen LogP contribution < -0.4 is 5.32 Å². The van der Waals surface area contributed by atoms with Gasteiger partial charge in [-0.1, -0.05) is 92.7 Å². The number of hydrogen-bond acceptors (Lipinski definition) is 2. The second-order valence-electron chi connectivity index (χ2n) is 8.08. The van der Waals surface area contributed by atoms with E-state index in [9.17, 15) is 0 Å². The summed E-state index contributed by atoms with van der Waals surface area (Å²) in [4.78, 5) is 1.46. The molecule has 0 radical (unpaired) electrons. The molecule has 2 heteroatoms. The van der Waals surface area contributed by atoms with Gasteiger partial charge in [0.1, 0.15) is 0 Å². The highest BCUT2D eigenvalue weighted by Crippen LogP contribution is 2.40. The summed E-state index contributed by atoms with van der Waals surface area (Å²) in [5, 5.41) is 5.36. The molecule has 0 bridgehead atoms. The van der Waals surface area contributed by atoms with Crippen LogP contribution in [0.5, 0.6) is 0 Å². The monoisotopic (exact) mass is 441 g/mol. The van der Waals surface area contributed by atoms with E-state index in [0.717, 1.165) is 19.5 Å². The fourth-order valence-corrected chi connectivity index (χ4v) is 5.14. The molecule has 4 rings (SSSR count). The third-order valence-electron chi connectivity index (χ3n) is 5.78. The van der Waals surface area contributed by atoms with Crippen molar-refractivity contribution in [2.75, 3.05) is 13.1 Å². The van der Waals surface area contributed by atoms with Gasteiger partial charge < -0.3 is 5.32 Å². The maximum atomic E-state index is 3.11. The van der Waals surface area contributed by atoms with Crippen LogP contribution in [0.3, 0.4) is 0 Å². The molecule has 0 unspecified atom stereocenters. The molecule has 0 fully saturated rings. The summed E-state index contributed by atoms with van der Waals surface area (Å²) < 4.78 is 0. The molecule has 4 aromatic rings. The van der Waals surface area contributed by atoms with Crippen LogP contribution in [0, 0.1) is 13.8 Å². The molecule has 1 aromatic heterocycles. The number of nitrogens with one attached hydrogen (secondary N) is 1. The van der Waals surface area contributed by atoms with Gasteiger partial charge in [-0.05, 0) is 78.2 Å². The van der Waals surface area contributed by atoms with Crippen molar-refractivity contribution in [3.63, 3.8) is 0 Å². The molecule has 32 heavy (non-hydrogen) atoms. The lowest BCUT2D eigenvalue weighted by molar-refractivity contribution is 0.762. The van der Waals surface area contributed by atoms with Crippen LogP contribution in [-0.2, 0) is 6.42 Å². The van der Waals surface area contributed by atoms with Crippen LogP contribution >= 0.6 is 11.3 Å². The average Bonchev–Trinajstić information content (AvgIpc) is 3.26. The molecule has 0 spiro atoms. The summed E-state index contributed by atoms with van der Waals surface area (Å²) in [5.74, 6) is 0.283. The molecule has 1 N–H and O–H groups in total. The van der Waals surface area contributed by atoms with Crippen molar-refractivity contribution in [1.82, 2.24) is 5.32 Å². The molecule has 0 aliphatic carbocycles. The van der Waals surface area contributed by atoms with E-state index < -0.39 is 0 Å². The van der Waals surface area contributed by atoms with Crippen LogP contribution in [0.1, 0.15) is 58.0 Å². The van der Waals surface area contributed by atoms with Crippen LogP contribution in [-0.4, -0.2) is 13.1 Å². The topological polar surface area (TPSA) is 12.0 Å². The highest BCUT2D eigenvalue weighted by Gasteiger charge is 2.23. The average molecular weight is 442 g/mol. The highest BCUT2D eigenvalue weighted by molar-refractivity contribution is 7.10. The van der Waals surface area contributed by atoms with Gasteiger partial charge in [-0.2, -0.15) is 0 Å². The normalized spacial score (nSPS) is 10.7. The first-order valence-electron chi connectivity index (χ1n) is 11.6. The summed E-state index contributed by atoms with van der Waals surface area (Å²) in [5.41, 5.74) is 8.31. The fourth-order valence-electron chi connectivity index (χ4n) is 4.08. The van der Waals surface area contributed by atoms with E-state index in [4.69, 9.17) is 0 Å². The van der Waals surface area contributed by atoms with Gasteiger partial charge in [-0.15, -0.1) is 11.3 Å². The first kappa shape index (κ1) is 24.0. The van der Waals surface area contributed by atoms with Crippen LogP contribution in [0.15, 0.2) is 90.3 Å². The van der Waals surface area contributed by atoms with Gasteiger partial charge >= 0.3 is 0 Å². The third kappa shape index (κ3) is 6.18. The summed E-state index contributed by atoms with van der Waals surface area (Å²) in [6, 6.07) is 30.7. The zero-order valence-electron chi connectivity index (χ0n) is 19.8. The molecule has 3 aromatic carbocycles. The van der Waals surface area contributed by atoms with Gasteiger partial charge in [0.05, 0.1) is 0 Å². The molecule has 0 atom stereocenters. The van der Waals surface area contributed by atoms with Crippen molar-refractivity contribution in [1.29, 1.82) is 0 Å². The van der Waals surface area contributed by atoms with Gasteiger partial charge in [-0.3, -0.25) is 0 Å². The molecular formula is C30H35NS. The van der Waals surface area contributed by atoms with E-state index in [1.807, 2.05) is 11.3 Å². The van der Waals surface area contributed by atoms with Crippen LogP contribution in [0.2, 0.25) is 0 Å². The number of hydrogen-bond donors (Lipinski definition) is 1. The second-order valence-corrected chi connectivity index (χ2v) is 9.02. The largest absolute Gasteiger partial charge is 0.317 e. The molecule has 0 amide bonds. The minimum Gasteiger partial charge on any atom is -0.317 e. The highest BCUT2D eigenvalue weighted by atomic mass is 32.1. The Balaban J connectivity index is 0.000000523. The standard InChI is InChI=1S/C26H24S.C4H11N/c1-19-10-6-8-14-23(19)25(24-15-9-7-11-20(24)2)26-22(16-17-27-26)18-21-12-4-3-5-13-21;1-3-5-4-2/h3-17,25H,18H2,1-2H3;5H,3-4H2,1-2H3. The maximum Gasteiger partial charge on any atom is 0.0442 e. The Bertz CT molecular complexity index is 1030. The number of thiophene rings is 1. The maximum absolute atomic E-state index is 3.11. The molecule has 1 nitrogen and oxygen atoms in total. The van der Waals surface area contributed by atoms with Crippen molar-refractivity contribution in [3.05, 3.63) is 129 Å². The van der Waals surface area contributed by atoms with Crippen molar-refractivity contribution in [3.8, 4) is 0 Å². The smallest absolute Gasteiger partial charge is 0.0442 e. The SMILES string of the molecule is CCNCC.Cc1ccccc1C(c1ccccc1C)c1sccc1Cc1ccccc1. The molecule has 166 valence electrons. The van der Waals surface area contributed by atoms with Crippen molar-refractivity contribution >= 4 is 11.3 Å². The van der Waals surface area contributed by atoms with E-state index in [0.29, 0.717) is 0 Å². The van der Waals surface area contributed by atoms with Gasteiger partial charge in [0, 0.05) is 10.8 Å². The van der Waals surface area contributed by atoms with E-state index in [1.54, 1.807) is 0 Å². The van der Waals surface area contributed by atoms with Crippen molar-refractivity contribution in [2.24, 2.45) is 0 Å². The van der Waals surface area contributed by atoms with Gasteiger partial charge in [0.2, 0.25) is 0 Å². The number of rotatable bonds is 7. The van der Waals surface area contributed by atoms with Crippen molar-refractivity contribution in [2.45, 2.75) is 40.0 Å². The molecule has 0 aliphatic heterocycles. The lowest BCUT2D eigenvalue weighted by Gasteiger charge is -2.22. The van der Waals surface area contributed by atoms with Crippen LogP contribution in [0.4, 0.5) is 0 Å². The third-order valence-corrected chi connectivity index (χ3v) is 6.80. The van der Waals surface area contributed by atoms with Gasteiger partial charge in [0.15, 0.2) is 0 Å². The Morgan fingerprint density at radius 2 is 1.22 bits per heavy atom. The van der Waals surface area contributed by atoms with E-state index in [1.165, 1.54) is 38.3 Å². The Morgan fingerprint density at radius 1 is 0.688 bits per heavy atom. The van der Waals surface area contributed by atoms with Crippen LogP contribution in [0.25, 0.3) is 0 Å². The van der Waals surface area contributed by atoms with E-state index in [2.05, 4.69) is 123 Å². The Labute approximate surface area is 198 Å². The molecule has 0 saturated carbocycles. The van der Waals surface area contributed by atoms with Gasteiger partial charge in [-0.25, -0.2) is 0 Å². The van der Waals surface area contributed by atoms with E-state index in [-0.39, 0.29) is 5.92 Å². The Hall–Kier alpha value is -2.68. The zero-order chi connectivity index (χ0) is 22.8. The molecular weight excluding hydrogens is 406 g/mol. The lowest BCUT2D eigenvalue weighted by atomic mass is 9.83. The summed E-state index contributed by atoms with van der Waals surface area (Å²) in [7, 11) is 0. The molecule has 0 saturated heterocycles. The minimum absolute atomic E-state index is 0.283. The Kier molecular flexibility index (Phi) is 9.27. The molecule has 1 heterocycles. The zero-order valence-corrected chi connectivity index (χ0v) is 20.6. The van der Waals surface area contributed by atoms with Gasteiger partial charge in [0.25, 0.3) is 0 Å². The quantitative estimate of drug-likeness (QED) is 0.309. The number of aryl methyl sites for hydroxylation is 2. The summed E-state index contributed by atoms with van der Waals surface area (Å²) in [6.45, 7) is 10.8. The molecule has 0 aliphatic rings. The number of benzene rings is 3. The second kappa shape index (κ2) is 12.4. The first-order chi connectivity index (χ1) is 15.7. The fraction of sp³-hybridized carbons (Fsp3) is 0.267. The summed E-state index contributed by atoms with van der Waals surface area (Å²) >= 11 is 1.88. The minimum atomic E-state index is 0.283. The van der Waals surface area contributed by atoms with Crippen molar-refractivity contribution < 1.29 is 0 Å². The lowest BCUT2D eigenvalue weighted by Crippen LogP contribution is -2.09. The summed E-state index contributed by atoms with van der Waals surface area (Å²) in [6.07, 6.45) is 0.980. The predicted molar refractivity (Wildman–Crippen MR) is 141 cm³/mol. The first-order valence-corrected chi connectivity index (χ1v) is 12.5. The van der Waals surface area contributed by atoms with E-state index >= 15 is 0 Å². The predicted octanol–water partition coefficient (Wildman–Crippen LogP) is 7.75.